The average Bonchev–Trinajstić information content (AvgIpc) is 2.39. The number of amides is 2. The third-order valence-corrected chi connectivity index (χ3v) is 3.18. The zero-order valence-electron chi connectivity index (χ0n) is 11.1. The van der Waals surface area contributed by atoms with Gasteiger partial charge < -0.3 is 9.47 Å². The number of hydrogen-bond donors (Lipinski definition) is 0. The molecule has 0 atom stereocenters. The monoisotopic (exact) mass is 329 g/mol. The highest BCUT2D eigenvalue weighted by Gasteiger charge is 2.48. The summed E-state index contributed by atoms with van der Waals surface area (Å²) in [6.45, 7) is 3.73. The van der Waals surface area contributed by atoms with Gasteiger partial charge in [-0.3, -0.25) is 0 Å². The van der Waals surface area contributed by atoms with Crippen LogP contribution in [0.3, 0.4) is 0 Å². The third kappa shape index (κ3) is 3.13. The Morgan fingerprint density at radius 2 is 1.79 bits per heavy atom. The molecule has 0 aromatic heterocycles. The molecule has 0 unspecified atom stereocenters. The summed E-state index contributed by atoms with van der Waals surface area (Å²) < 4.78 is 9.84. The fourth-order valence-electron chi connectivity index (χ4n) is 1.54. The molecule has 0 saturated carbocycles. The first-order chi connectivity index (χ1) is 8.98. The molecule has 19 heavy (non-hydrogen) atoms. The molecule has 103 valence electrons. The summed E-state index contributed by atoms with van der Waals surface area (Å²) in [5.41, 5.74) is 0.440. The van der Waals surface area contributed by atoms with Crippen LogP contribution in [-0.2, 0) is 9.47 Å². The highest BCUT2D eigenvalue weighted by atomic mass is 79.9. The van der Waals surface area contributed by atoms with E-state index in [0.29, 0.717) is 10.2 Å². The first kappa shape index (κ1) is 15.7. The van der Waals surface area contributed by atoms with Gasteiger partial charge in [-0.1, -0.05) is 4.48 Å². The molecule has 1 aromatic rings. The van der Waals surface area contributed by atoms with Crippen LogP contribution >= 0.6 is 15.9 Å². The van der Waals surface area contributed by atoms with Crippen molar-refractivity contribution in [3.05, 3.63) is 28.7 Å². The molecule has 0 bridgehead atoms. The van der Waals surface area contributed by atoms with E-state index in [1.54, 1.807) is 32.0 Å². The zero-order chi connectivity index (χ0) is 14.5. The predicted molar refractivity (Wildman–Crippen MR) is 74.7 cm³/mol. The van der Waals surface area contributed by atoms with Crippen molar-refractivity contribution < 1.29 is 19.1 Å². The minimum Gasteiger partial charge on any atom is -0.420 e. The van der Waals surface area contributed by atoms with E-state index < -0.39 is 16.7 Å². The Hall–Kier alpha value is -1.40. The number of rotatable bonds is 3. The van der Waals surface area contributed by atoms with Crippen LogP contribution in [0, 0.1) is 6.07 Å². The fourth-order valence-corrected chi connectivity index (χ4v) is 2.16. The largest absolute Gasteiger partial charge is 0.531 e. The summed E-state index contributed by atoms with van der Waals surface area (Å²) >= 11 is 3.31. The summed E-state index contributed by atoms with van der Waals surface area (Å²) in [7, 11) is 1.44. The lowest BCUT2D eigenvalue weighted by atomic mass is 10.2. The van der Waals surface area contributed by atoms with Crippen molar-refractivity contribution in [3.63, 3.8) is 0 Å². The van der Waals surface area contributed by atoms with Crippen LogP contribution in [0.4, 0.5) is 15.3 Å². The van der Waals surface area contributed by atoms with Gasteiger partial charge in [0.1, 0.15) is 0 Å². The Kier molecular flexibility index (Phi) is 5.50. The lowest BCUT2D eigenvalue weighted by Gasteiger charge is -2.26. The first-order valence-electron chi connectivity index (χ1n) is 5.85. The van der Waals surface area contributed by atoms with Crippen LogP contribution < -0.4 is 4.48 Å². The van der Waals surface area contributed by atoms with Gasteiger partial charge in [-0.15, -0.1) is 0 Å². The molecule has 0 aliphatic heterocycles. The second-order valence-corrected chi connectivity index (χ2v) is 4.64. The minimum absolute atomic E-state index is 0.183. The molecular weight excluding hydrogens is 314 g/mol. The fraction of sp³-hybridized carbons (Fsp3) is 0.385. The van der Waals surface area contributed by atoms with E-state index in [4.69, 9.17) is 9.47 Å². The van der Waals surface area contributed by atoms with Crippen LogP contribution in [0.15, 0.2) is 22.7 Å². The third-order valence-electron chi connectivity index (χ3n) is 2.54. The molecule has 0 heterocycles. The van der Waals surface area contributed by atoms with Crippen LogP contribution in [0.25, 0.3) is 0 Å². The van der Waals surface area contributed by atoms with Crippen molar-refractivity contribution in [2.45, 2.75) is 13.8 Å². The van der Waals surface area contributed by atoms with E-state index in [2.05, 4.69) is 22.0 Å². The molecule has 0 aliphatic carbocycles. The van der Waals surface area contributed by atoms with E-state index >= 15 is 0 Å². The number of imide groups is 1. The maximum Gasteiger partial charge on any atom is 0.531 e. The van der Waals surface area contributed by atoms with Gasteiger partial charge in [0.25, 0.3) is 0 Å². The summed E-state index contributed by atoms with van der Waals surface area (Å²) in [6, 6.07) is 7.73. The number of carbonyl (C=O) groups excluding carboxylic acids is 2. The quantitative estimate of drug-likeness (QED) is 0.796. The number of ether oxygens (including phenoxy) is 2. The van der Waals surface area contributed by atoms with Crippen LogP contribution in [0.1, 0.15) is 13.8 Å². The van der Waals surface area contributed by atoms with Crippen molar-refractivity contribution in [2.24, 2.45) is 0 Å². The van der Waals surface area contributed by atoms with E-state index in [0.717, 1.165) is 0 Å². The first-order valence-corrected chi connectivity index (χ1v) is 6.65. The van der Waals surface area contributed by atoms with Gasteiger partial charge in [0, 0.05) is 6.07 Å². The van der Waals surface area contributed by atoms with Crippen molar-refractivity contribution in [3.8, 4) is 0 Å². The number of benzene rings is 1. The molecule has 0 N–H and O–H groups in total. The lowest BCUT2D eigenvalue weighted by Crippen LogP contribution is -2.56. The molecule has 6 heteroatoms. The van der Waals surface area contributed by atoms with E-state index in [9.17, 15) is 9.59 Å². The molecule has 1 rings (SSSR count). The molecule has 0 fully saturated rings. The van der Waals surface area contributed by atoms with Crippen molar-refractivity contribution in [1.82, 2.24) is 4.48 Å². The summed E-state index contributed by atoms with van der Waals surface area (Å²) in [5, 5.41) is 0. The van der Waals surface area contributed by atoms with Crippen molar-refractivity contribution >= 4 is 33.8 Å². The Labute approximate surface area is 120 Å². The Morgan fingerprint density at radius 1 is 1.26 bits per heavy atom. The predicted octanol–water partition coefficient (Wildman–Crippen LogP) is 3.50. The van der Waals surface area contributed by atoms with Gasteiger partial charge in [-0.2, -0.15) is 9.59 Å². The number of quaternary nitrogens is 1. The zero-order valence-corrected chi connectivity index (χ0v) is 12.7. The minimum atomic E-state index is -0.711. The van der Waals surface area contributed by atoms with Gasteiger partial charge in [0.05, 0.1) is 24.7 Å². The number of carbonyl (C=O) groups is 2. The molecule has 0 spiro atoms. The van der Waals surface area contributed by atoms with Crippen LogP contribution in [0.2, 0.25) is 0 Å². The van der Waals surface area contributed by atoms with Crippen LogP contribution in [0.5, 0.6) is 0 Å². The highest BCUT2D eigenvalue weighted by Crippen LogP contribution is 2.32. The normalized spacial score (nSPS) is 10.9. The molecule has 5 nitrogen and oxygen atoms in total. The van der Waals surface area contributed by atoms with E-state index in [1.165, 1.54) is 7.05 Å². The van der Waals surface area contributed by atoms with Gasteiger partial charge >= 0.3 is 12.2 Å². The molecule has 0 aliphatic rings. The van der Waals surface area contributed by atoms with Crippen molar-refractivity contribution in [1.29, 1.82) is 0 Å². The Morgan fingerprint density at radius 3 is 2.21 bits per heavy atom. The maximum atomic E-state index is 12.2. The molecular formula is C13H16BrNO4+. The van der Waals surface area contributed by atoms with Gasteiger partial charge in [-0.05, 0) is 48.0 Å². The Bertz CT molecular complexity index is 457. The summed E-state index contributed by atoms with van der Waals surface area (Å²) in [6.07, 6.45) is -1.37. The van der Waals surface area contributed by atoms with Crippen molar-refractivity contribution in [2.75, 3.05) is 20.3 Å². The lowest BCUT2D eigenvalue weighted by molar-refractivity contribution is 0.0904. The second kappa shape index (κ2) is 6.68. The maximum absolute atomic E-state index is 12.2. The number of halogens is 1. The van der Waals surface area contributed by atoms with Gasteiger partial charge in [-0.25, -0.2) is 0 Å². The number of nitrogens with zero attached hydrogens (tertiary/aromatic N) is 1. The number of hydrogen-bond acceptors (Lipinski definition) is 4. The van der Waals surface area contributed by atoms with Gasteiger partial charge in [0.15, 0.2) is 5.69 Å². The highest BCUT2D eigenvalue weighted by molar-refractivity contribution is 9.10. The van der Waals surface area contributed by atoms with Crippen LogP contribution in [-0.4, -0.2) is 32.4 Å². The topological polar surface area (TPSA) is 52.6 Å². The Balaban J connectivity index is 3.30. The SMILES string of the molecule is CCOC(=O)[N+](C)(C(=O)OCC)c1cc[c]cc1Br. The summed E-state index contributed by atoms with van der Waals surface area (Å²) in [5.74, 6) is 0. The van der Waals surface area contributed by atoms with E-state index in [1.807, 2.05) is 0 Å². The standard InChI is InChI=1S/C13H16BrNO4/c1-4-18-12(16)15(3,13(17)19-5-2)11-9-7-6-8-10(11)14/h7-9H,4-5H2,1-3H3/q+1. The van der Waals surface area contributed by atoms with E-state index in [-0.39, 0.29) is 13.2 Å². The molecule has 0 saturated heterocycles. The van der Waals surface area contributed by atoms with Gasteiger partial charge in [0.2, 0.25) is 0 Å². The summed E-state index contributed by atoms with van der Waals surface area (Å²) in [4.78, 5) is 24.3. The molecule has 2 amide bonds. The second-order valence-electron chi connectivity index (χ2n) is 3.78. The molecule has 1 radical (unpaired) electrons. The molecule has 1 aromatic carbocycles. The average molecular weight is 330 g/mol. The smallest absolute Gasteiger partial charge is 0.420 e.